The monoisotopic (exact) mass is 247 g/mol. The summed E-state index contributed by atoms with van der Waals surface area (Å²) in [6, 6.07) is 6.74. The van der Waals surface area contributed by atoms with E-state index in [0.717, 1.165) is 18.4 Å². The number of carbonyl (C=O) groups excluding carboxylic acids is 1. The van der Waals surface area contributed by atoms with Gasteiger partial charge in [0.05, 0.1) is 19.5 Å². The van der Waals surface area contributed by atoms with Gasteiger partial charge in [0, 0.05) is 0 Å². The molecule has 1 aromatic rings. The molecule has 0 atom stereocenters. The number of β-amino-alcohol motifs (C(OH)–C–C–N with tert-alkyl or cyclic N) is 1. The molecule has 0 radical (unpaired) electrons. The lowest BCUT2D eigenvalue weighted by molar-refractivity contribution is -0.158. The fraction of sp³-hybridized carbons (Fsp3) is 0.500. The highest BCUT2D eigenvalue weighted by Gasteiger charge is 2.53. The Balaban J connectivity index is 1.57. The first kappa shape index (κ1) is 11.5. The molecule has 0 spiro atoms. The van der Waals surface area contributed by atoms with Crippen LogP contribution in [0, 0.1) is 5.92 Å². The summed E-state index contributed by atoms with van der Waals surface area (Å²) < 4.78 is 0. The van der Waals surface area contributed by atoms with Crippen molar-refractivity contribution in [2.45, 2.75) is 24.9 Å². The second kappa shape index (κ2) is 3.99. The first-order valence-corrected chi connectivity index (χ1v) is 6.35. The molecule has 1 heterocycles. The molecule has 0 unspecified atom stereocenters. The number of likely N-dealkylation sites (tertiary alicyclic amines) is 1. The molecule has 96 valence electrons. The molecule has 1 aromatic carbocycles. The molecular weight excluding hydrogens is 230 g/mol. The lowest BCUT2D eigenvalue weighted by Crippen LogP contribution is -2.65. The molecule has 1 amide bonds. The van der Waals surface area contributed by atoms with Crippen LogP contribution in [0.3, 0.4) is 0 Å². The number of nitrogens with zero attached hydrogens (tertiary/aromatic N) is 1. The summed E-state index contributed by atoms with van der Waals surface area (Å²) in [6.45, 7) is 0.935. The lowest BCUT2D eigenvalue weighted by atomic mass is 9.88. The molecule has 0 aromatic heterocycles. The van der Waals surface area contributed by atoms with Gasteiger partial charge in [-0.2, -0.15) is 0 Å². The molecule has 4 nitrogen and oxygen atoms in total. The van der Waals surface area contributed by atoms with Crippen molar-refractivity contribution in [3.63, 3.8) is 0 Å². The predicted octanol–water partition coefficient (Wildman–Crippen LogP) is 0.918. The van der Waals surface area contributed by atoms with Crippen molar-refractivity contribution >= 4 is 5.91 Å². The third-order valence-electron chi connectivity index (χ3n) is 3.89. The smallest absolute Gasteiger partial charge is 0.227 e. The Morgan fingerprint density at radius 3 is 2.72 bits per heavy atom. The van der Waals surface area contributed by atoms with Gasteiger partial charge in [-0.05, 0) is 36.5 Å². The Hall–Kier alpha value is -1.55. The van der Waals surface area contributed by atoms with Gasteiger partial charge in [-0.15, -0.1) is 0 Å². The van der Waals surface area contributed by atoms with E-state index in [1.165, 1.54) is 0 Å². The van der Waals surface area contributed by atoms with Crippen LogP contribution in [0.15, 0.2) is 24.3 Å². The number of hydrogen-bond acceptors (Lipinski definition) is 3. The molecule has 4 heteroatoms. The number of phenols is 1. The maximum Gasteiger partial charge on any atom is 0.227 e. The molecule has 2 N–H and O–H groups in total. The maximum absolute atomic E-state index is 12.0. The first-order valence-electron chi connectivity index (χ1n) is 6.35. The van der Waals surface area contributed by atoms with Gasteiger partial charge in [-0.25, -0.2) is 0 Å². The minimum absolute atomic E-state index is 0.0194. The Labute approximate surface area is 106 Å². The fourth-order valence-electron chi connectivity index (χ4n) is 2.62. The largest absolute Gasteiger partial charge is 0.508 e. The number of aliphatic hydroxyl groups is 1. The van der Waals surface area contributed by atoms with Crippen LogP contribution in [0.1, 0.15) is 18.4 Å². The zero-order chi connectivity index (χ0) is 12.8. The number of rotatable bonds is 3. The number of phenolic OH excluding ortho intramolecular Hbond substituents is 1. The SMILES string of the molecule is O=C(Cc1cccc(O)c1)N1CC(O)(C2CC2)C1. The van der Waals surface area contributed by atoms with Gasteiger partial charge in [0.1, 0.15) is 11.4 Å². The topological polar surface area (TPSA) is 60.8 Å². The van der Waals surface area contributed by atoms with Crippen LogP contribution in [0.5, 0.6) is 5.75 Å². The van der Waals surface area contributed by atoms with Crippen LogP contribution >= 0.6 is 0 Å². The molecule has 18 heavy (non-hydrogen) atoms. The third kappa shape index (κ3) is 2.08. The minimum atomic E-state index is -0.617. The highest BCUT2D eigenvalue weighted by Crippen LogP contribution is 2.44. The van der Waals surface area contributed by atoms with E-state index in [1.54, 1.807) is 23.1 Å². The molecule has 1 aliphatic carbocycles. The van der Waals surface area contributed by atoms with Crippen molar-refractivity contribution in [1.82, 2.24) is 4.90 Å². The Morgan fingerprint density at radius 2 is 2.11 bits per heavy atom. The van der Waals surface area contributed by atoms with Crippen LogP contribution < -0.4 is 0 Å². The summed E-state index contributed by atoms with van der Waals surface area (Å²) in [5, 5.41) is 19.5. The summed E-state index contributed by atoms with van der Waals surface area (Å²) in [5.41, 5.74) is 0.191. The van der Waals surface area contributed by atoms with Crippen molar-refractivity contribution in [3.8, 4) is 5.75 Å². The van der Waals surface area contributed by atoms with E-state index in [2.05, 4.69) is 0 Å². The van der Waals surface area contributed by atoms with Gasteiger partial charge in [-0.1, -0.05) is 12.1 Å². The summed E-state index contributed by atoms with van der Waals surface area (Å²) in [7, 11) is 0. The fourth-order valence-corrected chi connectivity index (χ4v) is 2.62. The van der Waals surface area contributed by atoms with Crippen molar-refractivity contribution < 1.29 is 15.0 Å². The van der Waals surface area contributed by atoms with Crippen molar-refractivity contribution in [2.75, 3.05) is 13.1 Å². The highest BCUT2D eigenvalue weighted by atomic mass is 16.3. The van der Waals surface area contributed by atoms with Crippen molar-refractivity contribution in [2.24, 2.45) is 5.92 Å². The summed E-state index contributed by atoms with van der Waals surface area (Å²) in [6.07, 6.45) is 2.46. The third-order valence-corrected chi connectivity index (χ3v) is 3.89. The number of amides is 1. The average Bonchev–Trinajstić information content (AvgIpc) is 3.08. The molecule has 1 saturated heterocycles. The summed E-state index contributed by atoms with van der Waals surface area (Å²) in [5.74, 6) is 0.603. The van der Waals surface area contributed by atoms with E-state index in [1.807, 2.05) is 6.07 Å². The Kier molecular flexibility index (Phi) is 2.55. The quantitative estimate of drug-likeness (QED) is 0.835. The van der Waals surface area contributed by atoms with Crippen LogP contribution in [0.4, 0.5) is 0 Å². The predicted molar refractivity (Wildman–Crippen MR) is 66.1 cm³/mol. The van der Waals surface area contributed by atoms with E-state index < -0.39 is 5.60 Å². The zero-order valence-electron chi connectivity index (χ0n) is 10.2. The molecule has 1 saturated carbocycles. The summed E-state index contributed by atoms with van der Waals surface area (Å²) >= 11 is 0. The van der Waals surface area contributed by atoms with Crippen molar-refractivity contribution in [1.29, 1.82) is 0 Å². The Morgan fingerprint density at radius 1 is 1.39 bits per heavy atom. The van der Waals surface area contributed by atoms with Crippen LogP contribution in [-0.2, 0) is 11.2 Å². The van der Waals surface area contributed by atoms with Gasteiger partial charge in [0.2, 0.25) is 5.91 Å². The summed E-state index contributed by atoms with van der Waals surface area (Å²) in [4.78, 5) is 13.7. The number of hydrogen-bond donors (Lipinski definition) is 2. The highest BCUT2D eigenvalue weighted by molar-refractivity contribution is 5.80. The lowest BCUT2D eigenvalue weighted by Gasteiger charge is -2.47. The minimum Gasteiger partial charge on any atom is -0.508 e. The van der Waals surface area contributed by atoms with E-state index in [4.69, 9.17) is 0 Å². The molecule has 2 fully saturated rings. The number of carbonyl (C=O) groups is 1. The van der Waals surface area contributed by atoms with Crippen molar-refractivity contribution in [3.05, 3.63) is 29.8 Å². The van der Waals surface area contributed by atoms with Gasteiger partial charge >= 0.3 is 0 Å². The normalized spacial score (nSPS) is 21.5. The molecule has 2 aliphatic rings. The molecular formula is C14H17NO3. The zero-order valence-corrected chi connectivity index (χ0v) is 10.2. The first-order chi connectivity index (χ1) is 8.57. The maximum atomic E-state index is 12.0. The standard InChI is InChI=1S/C14H17NO3/c16-12-3-1-2-10(6-12)7-13(17)15-8-14(18,9-15)11-4-5-11/h1-3,6,11,16,18H,4-5,7-9H2. The molecule has 3 rings (SSSR count). The van der Waals surface area contributed by atoms with Crippen LogP contribution in [0.25, 0.3) is 0 Å². The van der Waals surface area contributed by atoms with Gasteiger partial charge < -0.3 is 15.1 Å². The number of aromatic hydroxyl groups is 1. The van der Waals surface area contributed by atoms with Crippen LogP contribution in [-0.4, -0.2) is 39.7 Å². The van der Waals surface area contributed by atoms with E-state index >= 15 is 0 Å². The second-order valence-electron chi connectivity index (χ2n) is 5.47. The molecule has 1 aliphatic heterocycles. The Bertz CT molecular complexity index is 476. The van der Waals surface area contributed by atoms with Gasteiger partial charge in [0.25, 0.3) is 0 Å². The van der Waals surface area contributed by atoms with Gasteiger partial charge in [0.15, 0.2) is 0 Å². The average molecular weight is 247 g/mol. The van der Waals surface area contributed by atoms with E-state index in [9.17, 15) is 15.0 Å². The second-order valence-corrected chi connectivity index (χ2v) is 5.47. The van der Waals surface area contributed by atoms with Crippen LogP contribution in [0.2, 0.25) is 0 Å². The van der Waals surface area contributed by atoms with Gasteiger partial charge in [-0.3, -0.25) is 4.79 Å². The van der Waals surface area contributed by atoms with E-state index in [0.29, 0.717) is 19.0 Å². The number of benzene rings is 1. The molecule has 0 bridgehead atoms. The van der Waals surface area contributed by atoms with E-state index in [-0.39, 0.29) is 18.1 Å².